The van der Waals surface area contributed by atoms with E-state index in [1.54, 1.807) is 55.5 Å². The van der Waals surface area contributed by atoms with Crippen LogP contribution in [0, 0.1) is 24.1 Å². The van der Waals surface area contributed by atoms with Crippen LogP contribution in [-0.4, -0.2) is 16.0 Å². The molecule has 0 fully saturated rings. The highest BCUT2D eigenvalue weighted by Crippen LogP contribution is 2.28. The zero-order chi connectivity index (χ0) is 21.8. The van der Waals surface area contributed by atoms with Crippen LogP contribution in [0.3, 0.4) is 0 Å². The molecule has 2 aromatic carbocycles. The second-order valence-corrected chi connectivity index (χ2v) is 6.56. The van der Waals surface area contributed by atoms with Gasteiger partial charge in [0.1, 0.15) is 23.2 Å². The minimum absolute atomic E-state index is 0.0186. The third kappa shape index (κ3) is 4.26. The van der Waals surface area contributed by atoms with Gasteiger partial charge < -0.3 is 14.6 Å². The average molecular weight is 414 g/mol. The lowest BCUT2D eigenvalue weighted by Gasteiger charge is -2.10. The molecule has 8 heteroatoms. The number of anilines is 1. The molecule has 0 aliphatic heterocycles. The first kappa shape index (κ1) is 19.8. The number of nitriles is 1. The minimum atomic E-state index is -0.500. The van der Waals surface area contributed by atoms with Crippen molar-refractivity contribution in [1.82, 2.24) is 10.1 Å². The van der Waals surface area contributed by atoms with Crippen molar-refractivity contribution < 1.29 is 18.4 Å². The summed E-state index contributed by atoms with van der Waals surface area (Å²) in [6.45, 7) is 1.79. The van der Waals surface area contributed by atoms with Crippen LogP contribution in [0.15, 0.2) is 71.4 Å². The number of aromatic nitrogens is 2. The van der Waals surface area contributed by atoms with Crippen molar-refractivity contribution in [3.63, 3.8) is 0 Å². The van der Waals surface area contributed by atoms with Gasteiger partial charge >= 0.3 is 0 Å². The lowest BCUT2D eigenvalue weighted by Crippen LogP contribution is -2.13. The SMILES string of the molecule is Cc1cc(Oc2ncccc2C#N)ccc1NC(=O)c1cc(-c2ccccc2F)on1. The number of amides is 1. The molecule has 0 unspecified atom stereocenters. The van der Waals surface area contributed by atoms with Gasteiger partial charge in [-0.05, 0) is 55.0 Å². The van der Waals surface area contributed by atoms with E-state index >= 15 is 0 Å². The second kappa shape index (κ2) is 8.47. The summed E-state index contributed by atoms with van der Waals surface area (Å²) < 4.78 is 24.7. The van der Waals surface area contributed by atoms with E-state index in [1.807, 2.05) is 6.07 Å². The molecule has 0 radical (unpaired) electrons. The van der Waals surface area contributed by atoms with Gasteiger partial charge in [0.15, 0.2) is 11.5 Å². The molecule has 0 saturated carbocycles. The lowest BCUT2D eigenvalue weighted by atomic mass is 10.1. The highest BCUT2D eigenvalue weighted by atomic mass is 19.1. The topological polar surface area (TPSA) is 101 Å². The van der Waals surface area contributed by atoms with E-state index < -0.39 is 11.7 Å². The van der Waals surface area contributed by atoms with Crippen molar-refractivity contribution in [2.45, 2.75) is 6.92 Å². The summed E-state index contributed by atoms with van der Waals surface area (Å²) >= 11 is 0. The molecule has 31 heavy (non-hydrogen) atoms. The fourth-order valence-corrected chi connectivity index (χ4v) is 2.87. The van der Waals surface area contributed by atoms with Gasteiger partial charge in [0, 0.05) is 18.0 Å². The summed E-state index contributed by atoms with van der Waals surface area (Å²) in [5.41, 5.74) is 1.81. The van der Waals surface area contributed by atoms with Crippen LogP contribution in [-0.2, 0) is 0 Å². The van der Waals surface area contributed by atoms with E-state index in [-0.39, 0.29) is 22.9 Å². The summed E-state index contributed by atoms with van der Waals surface area (Å²) in [6, 6.07) is 17.7. The number of aryl methyl sites for hydroxylation is 1. The van der Waals surface area contributed by atoms with E-state index in [4.69, 9.17) is 14.5 Å². The molecule has 4 rings (SSSR count). The van der Waals surface area contributed by atoms with Gasteiger partial charge in [0.2, 0.25) is 5.88 Å². The molecule has 0 aliphatic rings. The second-order valence-electron chi connectivity index (χ2n) is 6.56. The lowest BCUT2D eigenvalue weighted by molar-refractivity contribution is 0.101. The van der Waals surface area contributed by atoms with Gasteiger partial charge in [-0.15, -0.1) is 0 Å². The molecule has 0 bridgehead atoms. The quantitative estimate of drug-likeness (QED) is 0.488. The number of nitrogens with one attached hydrogen (secondary N) is 1. The molecule has 0 aliphatic carbocycles. The number of rotatable bonds is 5. The van der Waals surface area contributed by atoms with Crippen molar-refractivity contribution in [3.8, 4) is 29.0 Å². The Labute approximate surface area is 176 Å². The number of hydrogen-bond acceptors (Lipinski definition) is 6. The standard InChI is InChI=1S/C23H15FN4O3/c1-14-11-16(30-23-15(13-25)5-4-10-26-23)8-9-19(14)27-22(29)20-12-21(31-28-20)17-6-2-3-7-18(17)24/h2-12H,1H3,(H,27,29). The summed E-state index contributed by atoms with van der Waals surface area (Å²) in [4.78, 5) is 16.6. The maximum atomic E-state index is 13.9. The summed E-state index contributed by atoms with van der Waals surface area (Å²) in [5.74, 6) is -0.144. The van der Waals surface area contributed by atoms with Gasteiger partial charge in [-0.25, -0.2) is 9.37 Å². The summed E-state index contributed by atoms with van der Waals surface area (Å²) in [5, 5.41) is 15.6. The first-order chi connectivity index (χ1) is 15.0. The molecule has 2 aromatic heterocycles. The molecule has 0 atom stereocenters. The number of pyridine rings is 1. The summed E-state index contributed by atoms with van der Waals surface area (Å²) in [7, 11) is 0. The molecule has 152 valence electrons. The van der Waals surface area contributed by atoms with Crippen LogP contribution in [0.2, 0.25) is 0 Å². The number of carbonyl (C=O) groups excluding carboxylic acids is 1. The van der Waals surface area contributed by atoms with E-state index in [0.29, 0.717) is 17.0 Å². The van der Waals surface area contributed by atoms with E-state index in [0.717, 1.165) is 5.56 Å². The summed E-state index contributed by atoms with van der Waals surface area (Å²) in [6.07, 6.45) is 1.53. The molecular formula is C23H15FN4O3. The number of carbonyl (C=O) groups is 1. The Balaban J connectivity index is 1.49. The Morgan fingerprint density at radius 3 is 2.77 bits per heavy atom. The monoisotopic (exact) mass is 414 g/mol. The number of halogens is 1. The largest absolute Gasteiger partial charge is 0.438 e. The van der Waals surface area contributed by atoms with Gasteiger partial charge in [0.25, 0.3) is 5.91 Å². The smallest absolute Gasteiger partial charge is 0.277 e. The van der Waals surface area contributed by atoms with Crippen LogP contribution in [0.25, 0.3) is 11.3 Å². The van der Waals surface area contributed by atoms with E-state index in [9.17, 15) is 9.18 Å². The van der Waals surface area contributed by atoms with Crippen molar-refractivity contribution in [2.75, 3.05) is 5.32 Å². The average Bonchev–Trinajstić information content (AvgIpc) is 3.26. The Morgan fingerprint density at radius 1 is 1.16 bits per heavy atom. The molecule has 1 amide bonds. The van der Waals surface area contributed by atoms with E-state index in [1.165, 1.54) is 18.3 Å². The number of hydrogen-bond donors (Lipinski definition) is 1. The van der Waals surface area contributed by atoms with Crippen LogP contribution in [0.4, 0.5) is 10.1 Å². The Kier molecular flexibility index (Phi) is 5.41. The third-order valence-corrected chi connectivity index (χ3v) is 4.43. The van der Waals surface area contributed by atoms with Crippen molar-refractivity contribution in [1.29, 1.82) is 5.26 Å². The Hall–Kier alpha value is -4.51. The fourth-order valence-electron chi connectivity index (χ4n) is 2.87. The van der Waals surface area contributed by atoms with Crippen LogP contribution >= 0.6 is 0 Å². The van der Waals surface area contributed by atoms with Gasteiger partial charge in [-0.3, -0.25) is 4.79 Å². The maximum absolute atomic E-state index is 13.9. The highest BCUT2D eigenvalue weighted by molar-refractivity contribution is 6.03. The van der Waals surface area contributed by atoms with Crippen molar-refractivity contribution >= 4 is 11.6 Å². The van der Waals surface area contributed by atoms with Crippen LogP contribution in [0.1, 0.15) is 21.6 Å². The molecule has 7 nitrogen and oxygen atoms in total. The van der Waals surface area contributed by atoms with Crippen molar-refractivity contribution in [2.24, 2.45) is 0 Å². The molecular weight excluding hydrogens is 399 g/mol. The van der Waals surface area contributed by atoms with Gasteiger partial charge in [0.05, 0.1) is 5.56 Å². The third-order valence-electron chi connectivity index (χ3n) is 4.43. The van der Waals surface area contributed by atoms with Crippen LogP contribution in [0.5, 0.6) is 11.6 Å². The Bertz CT molecular complexity index is 1310. The Morgan fingerprint density at radius 2 is 2.00 bits per heavy atom. The normalized spacial score (nSPS) is 10.4. The first-order valence-corrected chi connectivity index (χ1v) is 9.22. The molecule has 1 N–H and O–H groups in total. The zero-order valence-electron chi connectivity index (χ0n) is 16.3. The van der Waals surface area contributed by atoms with Gasteiger partial charge in [-0.2, -0.15) is 5.26 Å². The molecule has 0 spiro atoms. The number of benzene rings is 2. The maximum Gasteiger partial charge on any atom is 0.277 e. The number of nitrogens with zero attached hydrogens (tertiary/aromatic N) is 3. The predicted octanol–water partition coefficient (Wildman–Crippen LogP) is 5.10. The fraction of sp³-hybridized carbons (Fsp3) is 0.0435. The zero-order valence-corrected chi connectivity index (χ0v) is 16.3. The van der Waals surface area contributed by atoms with Crippen LogP contribution < -0.4 is 10.1 Å². The van der Waals surface area contributed by atoms with Gasteiger partial charge in [-0.1, -0.05) is 17.3 Å². The first-order valence-electron chi connectivity index (χ1n) is 9.22. The predicted molar refractivity (Wildman–Crippen MR) is 110 cm³/mol. The molecule has 0 saturated heterocycles. The minimum Gasteiger partial charge on any atom is -0.438 e. The molecule has 2 heterocycles. The van der Waals surface area contributed by atoms with Crippen molar-refractivity contribution in [3.05, 3.63) is 89.5 Å². The number of ether oxygens (including phenoxy) is 1. The highest BCUT2D eigenvalue weighted by Gasteiger charge is 2.17. The van der Waals surface area contributed by atoms with E-state index in [2.05, 4.69) is 15.5 Å². The molecule has 4 aromatic rings.